The quantitative estimate of drug-likeness (QED) is 0.761. The van der Waals surface area contributed by atoms with Crippen molar-refractivity contribution in [3.63, 3.8) is 0 Å². The maximum absolute atomic E-state index is 12.5. The standard InChI is InChI=1S/C17H18N6O/c1-11-8-13(22-21-11)9-23-7-4-15-14(10-23)17(24)20-16(19-15)12-2-5-18-6-3-12/h2-3,5-6,8H,4,7,9-10H2,1H3,(H,21,22)(H,19,20,24). The number of aromatic nitrogens is 5. The van der Waals surface area contributed by atoms with Crippen molar-refractivity contribution in [2.75, 3.05) is 6.54 Å². The predicted molar refractivity (Wildman–Crippen MR) is 89.2 cm³/mol. The van der Waals surface area contributed by atoms with Crippen LogP contribution in [0.25, 0.3) is 11.4 Å². The first-order chi connectivity index (χ1) is 11.7. The monoisotopic (exact) mass is 322 g/mol. The first-order valence-electron chi connectivity index (χ1n) is 7.95. The van der Waals surface area contributed by atoms with Crippen LogP contribution < -0.4 is 5.56 Å². The summed E-state index contributed by atoms with van der Waals surface area (Å²) >= 11 is 0. The Morgan fingerprint density at radius 1 is 1.29 bits per heavy atom. The Morgan fingerprint density at radius 2 is 2.12 bits per heavy atom. The first kappa shape index (κ1) is 14.8. The third kappa shape index (κ3) is 2.85. The second kappa shape index (κ2) is 6.01. The van der Waals surface area contributed by atoms with Gasteiger partial charge < -0.3 is 4.98 Å². The van der Waals surface area contributed by atoms with Crippen molar-refractivity contribution in [2.24, 2.45) is 0 Å². The number of hydrogen-bond acceptors (Lipinski definition) is 5. The van der Waals surface area contributed by atoms with Crippen molar-refractivity contribution in [2.45, 2.75) is 26.4 Å². The minimum atomic E-state index is -0.0604. The molecular weight excluding hydrogens is 304 g/mol. The molecule has 0 amide bonds. The van der Waals surface area contributed by atoms with Gasteiger partial charge in [-0.1, -0.05) is 0 Å². The van der Waals surface area contributed by atoms with Gasteiger partial charge in [0.1, 0.15) is 5.82 Å². The van der Waals surface area contributed by atoms with Crippen molar-refractivity contribution in [1.29, 1.82) is 0 Å². The lowest BCUT2D eigenvalue weighted by molar-refractivity contribution is 0.239. The van der Waals surface area contributed by atoms with Crippen LogP contribution in [0.15, 0.2) is 35.4 Å². The molecule has 0 radical (unpaired) electrons. The van der Waals surface area contributed by atoms with Crippen molar-refractivity contribution in [3.05, 3.63) is 63.6 Å². The fourth-order valence-corrected chi connectivity index (χ4v) is 3.05. The van der Waals surface area contributed by atoms with E-state index in [1.807, 2.05) is 25.1 Å². The predicted octanol–water partition coefficient (Wildman–Crippen LogP) is 1.42. The van der Waals surface area contributed by atoms with E-state index in [0.29, 0.717) is 12.4 Å². The molecule has 1 aliphatic heterocycles. The number of nitrogens with zero attached hydrogens (tertiary/aromatic N) is 4. The Bertz CT molecular complexity index is 914. The zero-order chi connectivity index (χ0) is 16.5. The summed E-state index contributed by atoms with van der Waals surface area (Å²) in [7, 11) is 0. The minimum Gasteiger partial charge on any atom is -0.306 e. The van der Waals surface area contributed by atoms with Crippen LogP contribution in [0.5, 0.6) is 0 Å². The van der Waals surface area contributed by atoms with Gasteiger partial charge in [0.05, 0.1) is 17.0 Å². The van der Waals surface area contributed by atoms with E-state index in [0.717, 1.165) is 47.7 Å². The molecule has 7 nitrogen and oxygen atoms in total. The van der Waals surface area contributed by atoms with E-state index < -0.39 is 0 Å². The van der Waals surface area contributed by atoms with Gasteiger partial charge in [0.15, 0.2) is 0 Å². The first-order valence-corrected chi connectivity index (χ1v) is 7.95. The second-order valence-corrected chi connectivity index (χ2v) is 6.08. The highest BCUT2D eigenvalue weighted by Crippen LogP contribution is 2.19. The highest BCUT2D eigenvalue weighted by atomic mass is 16.1. The molecule has 7 heteroatoms. The zero-order valence-corrected chi connectivity index (χ0v) is 13.4. The Balaban J connectivity index is 1.59. The Kier molecular flexibility index (Phi) is 3.70. The molecule has 0 saturated heterocycles. The van der Waals surface area contributed by atoms with Gasteiger partial charge in [-0.25, -0.2) is 4.98 Å². The molecule has 2 N–H and O–H groups in total. The van der Waals surface area contributed by atoms with Gasteiger partial charge in [-0.05, 0) is 25.1 Å². The summed E-state index contributed by atoms with van der Waals surface area (Å²) in [5.41, 5.74) is 4.50. The van der Waals surface area contributed by atoms with Crippen LogP contribution in [0.4, 0.5) is 0 Å². The molecule has 0 atom stereocenters. The smallest absolute Gasteiger partial charge is 0.255 e. The topological polar surface area (TPSA) is 90.6 Å². The van der Waals surface area contributed by atoms with Crippen LogP contribution in [-0.4, -0.2) is 36.6 Å². The van der Waals surface area contributed by atoms with Crippen molar-refractivity contribution in [1.82, 2.24) is 30.0 Å². The Labute approximate surface area is 138 Å². The van der Waals surface area contributed by atoms with Gasteiger partial charge in [0, 0.05) is 49.7 Å². The summed E-state index contributed by atoms with van der Waals surface area (Å²) in [6.07, 6.45) is 4.16. The number of H-pyrrole nitrogens is 2. The van der Waals surface area contributed by atoms with Gasteiger partial charge in [-0.3, -0.25) is 19.8 Å². The molecule has 3 aromatic heterocycles. The Hall–Kier alpha value is -2.80. The van der Waals surface area contributed by atoms with Crippen LogP contribution >= 0.6 is 0 Å². The summed E-state index contributed by atoms with van der Waals surface area (Å²) in [5, 5.41) is 7.22. The van der Waals surface area contributed by atoms with Crippen molar-refractivity contribution in [3.8, 4) is 11.4 Å². The van der Waals surface area contributed by atoms with E-state index >= 15 is 0 Å². The summed E-state index contributed by atoms with van der Waals surface area (Å²) < 4.78 is 0. The van der Waals surface area contributed by atoms with E-state index in [2.05, 4.69) is 30.0 Å². The average molecular weight is 322 g/mol. The zero-order valence-electron chi connectivity index (χ0n) is 13.4. The molecule has 0 bridgehead atoms. The highest BCUT2D eigenvalue weighted by molar-refractivity contribution is 5.54. The maximum atomic E-state index is 12.5. The number of rotatable bonds is 3. The molecule has 122 valence electrons. The number of pyridine rings is 1. The van der Waals surface area contributed by atoms with E-state index in [4.69, 9.17) is 0 Å². The summed E-state index contributed by atoms with van der Waals surface area (Å²) in [4.78, 5) is 26.3. The fourth-order valence-electron chi connectivity index (χ4n) is 3.05. The fraction of sp³-hybridized carbons (Fsp3) is 0.294. The molecule has 0 saturated carbocycles. The van der Waals surface area contributed by atoms with Crippen LogP contribution in [0.2, 0.25) is 0 Å². The Morgan fingerprint density at radius 3 is 2.88 bits per heavy atom. The number of nitrogens with one attached hydrogen (secondary N) is 2. The molecule has 0 unspecified atom stereocenters. The van der Waals surface area contributed by atoms with Crippen LogP contribution in [0.1, 0.15) is 22.6 Å². The molecule has 4 rings (SSSR count). The number of aryl methyl sites for hydroxylation is 1. The number of hydrogen-bond donors (Lipinski definition) is 2. The van der Waals surface area contributed by atoms with E-state index in [-0.39, 0.29) is 5.56 Å². The lowest BCUT2D eigenvalue weighted by Gasteiger charge is -2.26. The van der Waals surface area contributed by atoms with Crippen LogP contribution in [0.3, 0.4) is 0 Å². The van der Waals surface area contributed by atoms with Crippen molar-refractivity contribution < 1.29 is 0 Å². The summed E-state index contributed by atoms with van der Waals surface area (Å²) in [6.45, 7) is 4.18. The van der Waals surface area contributed by atoms with Crippen LogP contribution in [-0.2, 0) is 19.5 Å². The minimum absolute atomic E-state index is 0.0604. The summed E-state index contributed by atoms with van der Waals surface area (Å²) in [6, 6.07) is 5.73. The lowest BCUT2D eigenvalue weighted by atomic mass is 10.1. The van der Waals surface area contributed by atoms with Gasteiger partial charge in [0.25, 0.3) is 5.56 Å². The van der Waals surface area contributed by atoms with E-state index in [9.17, 15) is 4.79 Å². The SMILES string of the molecule is Cc1cc(CN2CCc3nc(-c4ccncc4)[nH]c(=O)c3C2)n[nH]1. The van der Waals surface area contributed by atoms with Crippen molar-refractivity contribution >= 4 is 0 Å². The van der Waals surface area contributed by atoms with Gasteiger partial charge >= 0.3 is 0 Å². The second-order valence-electron chi connectivity index (χ2n) is 6.08. The molecule has 1 aliphatic rings. The normalized spacial score (nSPS) is 14.5. The molecule has 24 heavy (non-hydrogen) atoms. The molecular formula is C17H18N6O. The third-order valence-electron chi connectivity index (χ3n) is 4.25. The lowest BCUT2D eigenvalue weighted by Crippen LogP contribution is -2.35. The van der Waals surface area contributed by atoms with Gasteiger partial charge in [0.2, 0.25) is 0 Å². The van der Waals surface area contributed by atoms with Crippen LogP contribution in [0, 0.1) is 6.92 Å². The number of aromatic amines is 2. The van der Waals surface area contributed by atoms with E-state index in [1.165, 1.54) is 0 Å². The molecule has 0 fully saturated rings. The maximum Gasteiger partial charge on any atom is 0.255 e. The van der Waals surface area contributed by atoms with E-state index in [1.54, 1.807) is 12.4 Å². The van der Waals surface area contributed by atoms with Gasteiger partial charge in [-0.15, -0.1) is 0 Å². The molecule has 3 aromatic rings. The van der Waals surface area contributed by atoms with Gasteiger partial charge in [-0.2, -0.15) is 5.10 Å². The molecule has 4 heterocycles. The number of fused-ring (bicyclic) bond motifs is 1. The average Bonchev–Trinajstić information content (AvgIpc) is 3.01. The molecule has 0 spiro atoms. The third-order valence-corrected chi connectivity index (χ3v) is 4.25. The highest BCUT2D eigenvalue weighted by Gasteiger charge is 2.22. The largest absolute Gasteiger partial charge is 0.306 e. The molecule has 0 aliphatic carbocycles. The molecule has 0 aromatic carbocycles. The summed E-state index contributed by atoms with van der Waals surface area (Å²) in [5.74, 6) is 0.609.